The van der Waals surface area contributed by atoms with Crippen LogP contribution < -0.4 is 0 Å². The highest BCUT2D eigenvalue weighted by Crippen LogP contribution is 2.29. The van der Waals surface area contributed by atoms with Crippen molar-refractivity contribution in [1.82, 2.24) is 19.7 Å². The summed E-state index contributed by atoms with van der Waals surface area (Å²) in [6.07, 6.45) is 3.03. The average molecular weight is 338 g/mol. The lowest BCUT2D eigenvalue weighted by Crippen LogP contribution is -2.42. The van der Waals surface area contributed by atoms with Gasteiger partial charge < -0.3 is 4.90 Å². The van der Waals surface area contributed by atoms with Crippen LogP contribution in [0.4, 0.5) is 8.78 Å². The van der Waals surface area contributed by atoms with E-state index in [2.05, 4.69) is 10.1 Å². The zero-order valence-electron chi connectivity index (χ0n) is 12.6. The van der Waals surface area contributed by atoms with Gasteiger partial charge in [-0.1, -0.05) is 17.8 Å². The predicted octanol–water partition coefficient (Wildman–Crippen LogP) is 2.38. The van der Waals surface area contributed by atoms with Crippen LogP contribution in [0.25, 0.3) is 0 Å². The lowest BCUT2D eigenvalue weighted by atomic mass is 10.1. The van der Waals surface area contributed by atoms with E-state index in [1.165, 1.54) is 30.2 Å². The Balaban J connectivity index is 1.71. The van der Waals surface area contributed by atoms with Crippen LogP contribution in [0, 0.1) is 11.6 Å². The van der Waals surface area contributed by atoms with Gasteiger partial charge in [-0.15, -0.1) is 0 Å². The third kappa shape index (κ3) is 3.52. The molecule has 0 bridgehead atoms. The molecule has 1 amide bonds. The minimum absolute atomic E-state index is 0.0482. The molecular formula is C15H16F2N4OS. The van der Waals surface area contributed by atoms with Crippen LogP contribution in [0.3, 0.4) is 0 Å². The molecule has 3 rings (SSSR count). The number of nitrogens with zero attached hydrogens (tertiary/aromatic N) is 4. The smallest absolute Gasteiger partial charge is 0.236 e. The fraction of sp³-hybridized carbons (Fsp3) is 0.400. The summed E-state index contributed by atoms with van der Waals surface area (Å²) in [5.41, 5.74) is 0.323. The number of aromatic nitrogens is 3. The van der Waals surface area contributed by atoms with Crippen LogP contribution in [0.1, 0.15) is 18.4 Å². The number of halogens is 2. The Morgan fingerprint density at radius 3 is 2.91 bits per heavy atom. The molecule has 1 aliphatic heterocycles. The number of piperidine rings is 1. The highest BCUT2D eigenvalue weighted by molar-refractivity contribution is 8.00. The first kappa shape index (κ1) is 15.9. The van der Waals surface area contributed by atoms with Crippen LogP contribution in [0.2, 0.25) is 0 Å². The Bertz CT molecular complexity index is 721. The number of carbonyl (C=O) groups is 1. The summed E-state index contributed by atoms with van der Waals surface area (Å²) in [5.74, 6) is -1.29. The van der Waals surface area contributed by atoms with E-state index in [9.17, 15) is 13.6 Å². The molecule has 1 saturated heterocycles. The van der Waals surface area contributed by atoms with Crippen molar-refractivity contribution in [3.8, 4) is 0 Å². The molecule has 5 nitrogen and oxygen atoms in total. The quantitative estimate of drug-likeness (QED) is 0.859. The van der Waals surface area contributed by atoms with Gasteiger partial charge in [0.15, 0.2) is 5.16 Å². The summed E-state index contributed by atoms with van der Waals surface area (Å²) >= 11 is 1.37. The van der Waals surface area contributed by atoms with Crippen LogP contribution in [0.15, 0.2) is 29.7 Å². The average Bonchev–Trinajstić information content (AvgIpc) is 2.91. The fourth-order valence-corrected chi connectivity index (χ4v) is 3.64. The van der Waals surface area contributed by atoms with Crippen molar-refractivity contribution in [1.29, 1.82) is 0 Å². The highest BCUT2D eigenvalue weighted by atomic mass is 32.2. The molecule has 0 radical (unpaired) electrons. The van der Waals surface area contributed by atoms with Crippen molar-refractivity contribution < 1.29 is 13.6 Å². The molecule has 1 atom stereocenters. The molecule has 1 fully saturated rings. The normalized spacial score (nSPS) is 18.5. The second-order valence-corrected chi connectivity index (χ2v) is 6.58. The van der Waals surface area contributed by atoms with Crippen LogP contribution in [-0.2, 0) is 18.4 Å². The molecule has 0 N–H and O–H groups in total. The Kier molecular flexibility index (Phi) is 4.61. The summed E-state index contributed by atoms with van der Waals surface area (Å²) in [4.78, 5) is 18.3. The van der Waals surface area contributed by atoms with Gasteiger partial charge >= 0.3 is 0 Å². The third-order valence-corrected chi connectivity index (χ3v) is 5.08. The number of aryl methyl sites for hydroxylation is 1. The minimum atomic E-state index is -0.624. The third-order valence-electron chi connectivity index (χ3n) is 3.78. The molecule has 0 aliphatic carbocycles. The summed E-state index contributed by atoms with van der Waals surface area (Å²) in [6.45, 7) is 0.729. The number of likely N-dealkylation sites (tertiary alicyclic amines) is 1. The number of hydrogen-bond donors (Lipinski definition) is 0. The number of hydrogen-bond acceptors (Lipinski definition) is 4. The van der Waals surface area contributed by atoms with Crippen molar-refractivity contribution >= 4 is 17.7 Å². The molecule has 2 aromatic rings. The molecule has 2 heterocycles. The molecule has 122 valence electrons. The first-order valence-corrected chi connectivity index (χ1v) is 8.16. The van der Waals surface area contributed by atoms with Crippen molar-refractivity contribution in [2.75, 3.05) is 6.54 Å². The van der Waals surface area contributed by atoms with Gasteiger partial charge in [0.2, 0.25) is 5.91 Å². The van der Waals surface area contributed by atoms with Gasteiger partial charge in [0.25, 0.3) is 0 Å². The number of carbonyl (C=O) groups excluding carboxylic acids is 1. The van der Waals surface area contributed by atoms with E-state index in [1.54, 1.807) is 16.6 Å². The molecule has 1 aliphatic rings. The van der Waals surface area contributed by atoms with Crippen LogP contribution in [0.5, 0.6) is 0 Å². The van der Waals surface area contributed by atoms with Gasteiger partial charge in [0.1, 0.15) is 18.0 Å². The SMILES string of the molecule is Cn1ncnc1S[C@H]1CCCN(Cc2ccc(F)cc2F)C1=O. The summed E-state index contributed by atoms with van der Waals surface area (Å²) in [7, 11) is 1.77. The maximum atomic E-state index is 13.8. The van der Waals surface area contributed by atoms with Crippen molar-refractivity contribution in [2.24, 2.45) is 7.05 Å². The van der Waals surface area contributed by atoms with E-state index in [4.69, 9.17) is 0 Å². The molecule has 1 aromatic heterocycles. The first-order chi connectivity index (χ1) is 11.0. The maximum absolute atomic E-state index is 13.8. The van der Waals surface area contributed by atoms with Crippen molar-refractivity contribution in [3.05, 3.63) is 41.7 Å². The van der Waals surface area contributed by atoms with Gasteiger partial charge in [-0.2, -0.15) is 5.10 Å². The minimum Gasteiger partial charge on any atom is -0.337 e. The standard InChI is InChI=1S/C15H16F2N4OS/c1-20-15(18-9-19-20)23-13-3-2-6-21(14(13)22)8-10-4-5-11(16)7-12(10)17/h4-5,7,9,13H,2-3,6,8H2,1H3/t13-/m0/s1. The van der Waals surface area contributed by atoms with Crippen LogP contribution >= 0.6 is 11.8 Å². The van der Waals surface area contributed by atoms with Gasteiger partial charge in [-0.25, -0.2) is 18.4 Å². The topological polar surface area (TPSA) is 51.0 Å². The largest absolute Gasteiger partial charge is 0.337 e. The zero-order chi connectivity index (χ0) is 16.4. The molecule has 8 heteroatoms. The summed E-state index contributed by atoms with van der Waals surface area (Å²) < 4.78 is 28.4. The Labute approximate surface area is 136 Å². The maximum Gasteiger partial charge on any atom is 0.236 e. The molecular weight excluding hydrogens is 322 g/mol. The predicted molar refractivity (Wildman–Crippen MR) is 81.7 cm³/mol. The first-order valence-electron chi connectivity index (χ1n) is 7.28. The van der Waals surface area contributed by atoms with Gasteiger partial charge in [0.05, 0.1) is 5.25 Å². The Hall–Kier alpha value is -1.96. The van der Waals surface area contributed by atoms with E-state index in [-0.39, 0.29) is 17.7 Å². The van der Waals surface area contributed by atoms with E-state index in [0.717, 1.165) is 18.9 Å². The molecule has 0 saturated carbocycles. The monoisotopic (exact) mass is 338 g/mol. The molecule has 23 heavy (non-hydrogen) atoms. The van der Waals surface area contributed by atoms with Gasteiger partial charge in [-0.05, 0) is 18.9 Å². The lowest BCUT2D eigenvalue weighted by Gasteiger charge is -2.31. The molecule has 0 unspecified atom stereocenters. The van der Waals surface area contributed by atoms with Crippen LogP contribution in [-0.4, -0.2) is 37.4 Å². The van der Waals surface area contributed by atoms with E-state index >= 15 is 0 Å². The summed E-state index contributed by atoms with van der Waals surface area (Å²) in [5, 5.41) is 4.41. The molecule has 0 spiro atoms. The Morgan fingerprint density at radius 1 is 1.39 bits per heavy atom. The number of amides is 1. The number of thioether (sulfide) groups is 1. The molecule has 1 aromatic carbocycles. The zero-order valence-corrected chi connectivity index (χ0v) is 13.4. The van der Waals surface area contributed by atoms with Gasteiger partial charge in [0, 0.05) is 31.8 Å². The fourth-order valence-electron chi connectivity index (χ4n) is 2.55. The second-order valence-electron chi connectivity index (χ2n) is 5.41. The summed E-state index contributed by atoms with van der Waals surface area (Å²) in [6, 6.07) is 3.44. The number of rotatable bonds is 4. The number of benzene rings is 1. The Morgan fingerprint density at radius 2 is 2.22 bits per heavy atom. The van der Waals surface area contributed by atoms with Crippen molar-refractivity contribution in [3.63, 3.8) is 0 Å². The van der Waals surface area contributed by atoms with E-state index in [1.807, 2.05) is 0 Å². The highest BCUT2D eigenvalue weighted by Gasteiger charge is 2.31. The van der Waals surface area contributed by atoms with Crippen molar-refractivity contribution in [2.45, 2.75) is 29.8 Å². The van der Waals surface area contributed by atoms with Gasteiger partial charge in [-0.3, -0.25) is 4.79 Å². The van der Waals surface area contributed by atoms with E-state index < -0.39 is 11.6 Å². The second kappa shape index (κ2) is 6.66. The lowest BCUT2D eigenvalue weighted by molar-refractivity contribution is -0.133. The van der Waals surface area contributed by atoms with E-state index in [0.29, 0.717) is 17.3 Å².